The number of nitrogen functional groups attached to an aromatic ring is 1. The Morgan fingerprint density at radius 3 is 2.19 bits per heavy atom. The molecule has 0 bridgehead atoms. The molecule has 21 heavy (non-hydrogen) atoms. The number of benzene rings is 2. The summed E-state index contributed by atoms with van der Waals surface area (Å²) in [6, 6.07) is 18.2. The van der Waals surface area contributed by atoms with E-state index in [4.69, 9.17) is 10.7 Å². The van der Waals surface area contributed by atoms with Gasteiger partial charge in [0, 0.05) is 11.1 Å². The van der Waals surface area contributed by atoms with Crippen LogP contribution in [-0.4, -0.2) is 9.97 Å². The van der Waals surface area contributed by atoms with Gasteiger partial charge in [0.15, 0.2) is 5.82 Å². The van der Waals surface area contributed by atoms with Gasteiger partial charge in [0.25, 0.3) is 0 Å². The van der Waals surface area contributed by atoms with Crippen molar-refractivity contribution in [2.75, 3.05) is 5.73 Å². The Morgan fingerprint density at radius 2 is 1.52 bits per heavy atom. The number of anilines is 1. The highest BCUT2D eigenvalue weighted by Gasteiger charge is 2.12. The quantitative estimate of drug-likeness (QED) is 0.667. The molecule has 104 valence electrons. The number of hydrogen-bond acceptors (Lipinski definition) is 3. The molecule has 0 atom stereocenters. The van der Waals surface area contributed by atoms with Crippen molar-refractivity contribution >= 4 is 28.4 Å². The summed E-state index contributed by atoms with van der Waals surface area (Å²) in [7, 11) is 0. The van der Waals surface area contributed by atoms with E-state index in [-0.39, 0.29) is 0 Å². The molecule has 0 saturated carbocycles. The summed E-state index contributed by atoms with van der Waals surface area (Å²) in [5, 5.41) is 0. The van der Waals surface area contributed by atoms with Gasteiger partial charge in [-0.25, -0.2) is 9.97 Å². The fourth-order valence-corrected chi connectivity index (χ4v) is 2.64. The molecule has 0 aliphatic rings. The van der Waals surface area contributed by atoms with E-state index in [9.17, 15) is 0 Å². The maximum atomic E-state index is 6.07. The Kier molecular flexibility index (Phi) is 3.88. The van der Waals surface area contributed by atoms with Crippen molar-refractivity contribution < 1.29 is 0 Å². The van der Waals surface area contributed by atoms with Crippen LogP contribution >= 0.6 is 22.6 Å². The number of rotatable bonds is 2. The fourth-order valence-electron chi connectivity index (χ4n) is 2.08. The lowest BCUT2D eigenvalue weighted by molar-refractivity contribution is 1.17. The van der Waals surface area contributed by atoms with Crippen molar-refractivity contribution in [2.24, 2.45) is 0 Å². The molecule has 0 saturated heterocycles. The number of aromatic nitrogens is 2. The molecule has 1 aromatic heterocycles. The first-order valence-corrected chi connectivity index (χ1v) is 7.68. The van der Waals surface area contributed by atoms with E-state index in [0.717, 1.165) is 20.4 Å². The van der Waals surface area contributed by atoms with E-state index in [1.807, 2.05) is 42.5 Å². The van der Waals surface area contributed by atoms with E-state index in [2.05, 4.69) is 46.6 Å². The molecule has 2 aromatic carbocycles. The van der Waals surface area contributed by atoms with Gasteiger partial charge in [-0.2, -0.15) is 0 Å². The molecule has 3 nitrogen and oxygen atoms in total. The summed E-state index contributed by atoms with van der Waals surface area (Å²) >= 11 is 2.20. The van der Waals surface area contributed by atoms with E-state index < -0.39 is 0 Å². The zero-order valence-electron chi connectivity index (χ0n) is 11.5. The van der Waals surface area contributed by atoms with Gasteiger partial charge in [-0.3, -0.25) is 0 Å². The first-order chi connectivity index (χ1) is 10.1. The Hall–Kier alpha value is -1.95. The van der Waals surface area contributed by atoms with Crippen LogP contribution in [0.5, 0.6) is 0 Å². The van der Waals surface area contributed by atoms with Crippen molar-refractivity contribution in [3.05, 3.63) is 63.7 Å². The van der Waals surface area contributed by atoms with Crippen LogP contribution in [0, 0.1) is 10.5 Å². The van der Waals surface area contributed by atoms with Gasteiger partial charge in [0.1, 0.15) is 5.82 Å². The first kappa shape index (κ1) is 14.0. The minimum Gasteiger partial charge on any atom is -0.383 e. The minimum atomic E-state index is 0.514. The number of nitrogens with two attached hydrogens (primary N) is 1. The van der Waals surface area contributed by atoms with Crippen LogP contribution in [0.4, 0.5) is 5.82 Å². The summed E-state index contributed by atoms with van der Waals surface area (Å²) in [6.07, 6.45) is 0. The molecule has 0 radical (unpaired) electrons. The largest absolute Gasteiger partial charge is 0.383 e. The van der Waals surface area contributed by atoms with Crippen LogP contribution < -0.4 is 5.73 Å². The summed E-state index contributed by atoms with van der Waals surface area (Å²) in [5.41, 5.74) is 10.2. The van der Waals surface area contributed by atoms with Gasteiger partial charge in [-0.1, -0.05) is 60.2 Å². The SMILES string of the molecule is Cc1ccc(-c2nc(N)c(I)c(-c3ccccc3)n2)cc1. The Morgan fingerprint density at radius 1 is 0.857 bits per heavy atom. The highest BCUT2D eigenvalue weighted by atomic mass is 127. The van der Waals surface area contributed by atoms with Crippen LogP contribution in [0.3, 0.4) is 0 Å². The molecule has 4 heteroatoms. The van der Waals surface area contributed by atoms with Gasteiger partial charge in [0.05, 0.1) is 9.26 Å². The average Bonchev–Trinajstić information content (AvgIpc) is 2.51. The molecule has 0 aliphatic heterocycles. The normalized spacial score (nSPS) is 10.6. The molecular weight excluding hydrogens is 373 g/mol. The van der Waals surface area contributed by atoms with Crippen LogP contribution in [0.25, 0.3) is 22.6 Å². The smallest absolute Gasteiger partial charge is 0.162 e. The minimum absolute atomic E-state index is 0.514. The van der Waals surface area contributed by atoms with Crippen LogP contribution in [0.15, 0.2) is 54.6 Å². The van der Waals surface area contributed by atoms with Gasteiger partial charge >= 0.3 is 0 Å². The summed E-state index contributed by atoms with van der Waals surface area (Å²) < 4.78 is 0.884. The number of nitrogens with zero attached hydrogens (tertiary/aromatic N) is 2. The molecule has 0 spiro atoms. The zero-order chi connectivity index (χ0) is 14.8. The lowest BCUT2D eigenvalue weighted by Crippen LogP contribution is -2.02. The topological polar surface area (TPSA) is 51.8 Å². The fraction of sp³-hybridized carbons (Fsp3) is 0.0588. The Bertz CT molecular complexity index is 768. The maximum absolute atomic E-state index is 6.07. The van der Waals surface area contributed by atoms with Gasteiger partial charge in [-0.05, 0) is 29.5 Å². The Balaban J connectivity index is 2.16. The van der Waals surface area contributed by atoms with Crippen molar-refractivity contribution in [3.63, 3.8) is 0 Å². The second-order valence-corrected chi connectivity index (χ2v) is 5.91. The van der Waals surface area contributed by atoms with E-state index in [1.54, 1.807) is 0 Å². The first-order valence-electron chi connectivity index (χ1n) is 6.60. The average molecular weight is 387 g/mol. The standard InChI is InChI=1S/C17H14IN3/c1-11-7-9-13(10-8-11)17-20-15(14(18)16(19)21-17)12-5-3-2-4-6-12/h2-10H,1H3,(H2,19,20,21). The van der Waals surface area contributed by atoms with Crippen molar-refractivity contribution in [2.45, 2.75) is 6.92 Å². The number of halogens is 1. The summed E-state index contributed by atoms with van der Waals surface area (Å²) in [6.45, 7) is 2.06. The molecule has 0 fully saturated rings. The third-order valence-electron chi connectivity index (χ3n) is 3.23. The van der Waals surface area contributed by atoms with Crippen LogP contribution in [0.1, 0.15) is 5.56 Å². The molecular formula is C17H14IN3. The molecule has 3 aromatic rings. The van der Waals surface area contributed by atoms with Crippen molar-refractivity contribution in [1.29, 1.82) is 0 Å². The van der Waals surface area contributed by atoms with Crippen molar-refractivity contribution in [1.82, 2.24) is 9.97 Å². The van der Waals surface area contributed by atoms with E-state index >= 15 is 0 Å². The van der Waals surface area contributed by atoms with Gasteiger partial charge in [0.2, 0.25) is 0 Å². The zero-order valence-corrected chi connectivity index (χ0v) is 13.7. The summed E-state index contributed by atoms with van der Waals surface area (Å²) in [5.74, 6) is 1.17. The van der Waals surface area contributed by atoms with E-state index in [0.29, 0.717) is 11.6 Å². The van der Waals surface area contributed by atoms with Gasteiger partial charge in [-0.15, -0.1) is 0 Å². The second kappa shape index (κ2) is 5.81. The third-order valence-corrected chi connectivity index (χ3v) is 4.30. The monoisotopic (exact) mass is 387 g/mol. The highest BCUT2D eigenvalue weighted by molar-refractivity contribution is 14.1. The van der Waals surface area contributed by atoms with Crippen molar-refractivity contribution in [3.8, 4) is 22.6 Å². The number of aryl methyl sites for hydroxylation is 1. The second-order valence-electron chi connectivity index (χ2n) is 4.83. The van der Waals surface area contributed by atoms with Crippen LogP contribution in [-0.2, 0) is 0 Å². The predicted molar refractivity (Wildman–Crippen MR) is 94.8 cm³/mol. The maximum Gasteiger partial charge on any atom is 0.162 e. The molecule has 2 N–H and O–H groups in total. The molecule has 1 heterocycles. The lowest BCUT2D eigenvalue weighted by Gasteiger charge is -2.09. The highest BCUT2D eigenvalue weighted by Crippen LogP contribution is 2.29. The molecule has 0 aliphatic carbocycles. The Labute approximate surface area is 137 Å². The molecule has 0 amide bonds. The molecule has 3 rings (SSSR count). The van der Waals surface area contributed by atoms with Gasteiger partial charge < -0.3 is 5.73 Å². The van der Waals surface area contributed by atoms with Crippen LogP contribution in [0.2, 0.25) is 0 Å². The number of hydrogen-bond donors (Lipinski definition) is 1. The molecule has 0 unspecified atom stereocenters. The summed E-state index contributed by atoms with van der Waals surface area (Å²) in [4.78, 5) is 9.12. The predicted octanol–water partition coefficient (Wildman–Crippen LogP) is 4.31. The third kappa shape index (κ3) is 2.90. The lowest BCUT2D eigenvalue weighted by atomic mass is 10.1. The van der Waals surface area contributed by atoms with E-state index in [1.165, 1.54) is 5.56 Å².